The minimum Gasteiger partial charge on any atom is -0.481 e. The molecule has 1 fully saturated rings. The molecule has 1 atom stereocenters. The summed E-state index contributed by atoms with van der Waals surface area (Å²) in [5, 5.41) is 17.3. The van der Waals surface area contributed by atoms with E-state index in [1.165, 1.54) is 4.90 Å². The van der Waals surface area contributed by atoms with E-state index >= 15 is 0 Å². The topological polar surface area (TPSA) is 82.3 Å². The van der Waals surface area contributed by atoms with Crippen molar-refractivity contribution in [3.63, 3.8) is 0 Å². The summed E-state index contributed by atoms with van der Waals surface area (Å²) < 4.78 is 0. The highest BCUT2D eigenvalue weighted by atomic mass is 32.2. The summed E-state index contributed by atoms with van der Waals surface area (Å²) in [5.41, 5.74) is 3.45. The number of para-hydroxylation sites is 1. The zero-order chi connectivity index (χ0) is 19.4. The number of anilines is 1. The van der Waals surface area contributed by atoms with E-state index in [0.717, 1.165) is 22.9 Å². The van der Waals surface area contributed by atoms with E-state index in [9.17, 15) is 9.59 Å². The lowest BCUT2D eigenvalue weighted by molar-refractivity contribution is -0.138. The average Bonchev–Trinajstić information content (AvgIpc) is 2.96. The second-order valence-electron chi connectivity index (χ2n) is 6.15. The smallest absolute Gasteiger partial charge is 0.305 e. The minimum atomic E-state index is -1.02. The fraction of sp³-hybridized carbons (Fsp3) is 0.200. The molecule has 27 heavy (non-hydrogen) atoms. The number of carbonyl (C=O) groups excluding carboxylic acids is 1. The molecule has 0 aromatic heterocycles. The number of rotatable bonds is 5. The normalized spacial score (nSPS) is 19.0. The van der Waals surface area contributed by atoms with Crippen molar-refractivity contribution in [3.05, 3.63) is 65.7 Å². The number of thioether (sulfide) groups is 1. The summed E-state index contributed by atoms with van der Waals surface area (Å²) in [6.45, 7) is 3.86. The standard InChI is InChI=1S/C20H19N3O3S/c1-13-8-10-15(11-9-13)14(2)21-22-20-23(16-6-4-3-5-7-16)19(26)17(27-20)12-18(24)25/h3-11,17H,12H2,1-2H3,(H,24,25)/b21-14-,22-20+/t17-/m0/s1. The maximum Gasteiger partial charge on any atom is 0.305 e. The summed E-state index contributed by atoms with van der Waals surface area (Å²) in [6, 6.07) is 17.0. The Balaban J connectivity index is 1.93. The molecule has 3 rings (SSSR count). The van der Waals surface area contributed by atoms with Crippen molar-refractivity contribution in [1.82, 2.24) is 0 Å². The fourth-order valence-electron chi connectivity index (χ4n) is 2.61. The zero-order valence-electron chi connectivity index (χ0n) is 15.0. The monoisotopic (exact) mass is 381 g/mol. The molecule has 1 saturated heterocycles. The van der Waals surface area contributed by atoms with Gasteiger partial charge in [0.05, 0.1) is 17.8 Å². The van der Waals surface area contributed by atoms with Crippen LogP contribution in [0.1, 0.15) is 24.5 Å². The van der Waals surface area contributed by atoms with Gasteiger partial charge in [-0.3, -0.25) is 14.5 Å². The van der Waals surface area contributed by atoms with Crippen molar-refractivity contribution in [1.29, 1.82) is 0 Å². The number of carboxylic acids is 1. The number of hydrogen-bond donors (Lipinski definition) is 1. The first-order valence-electron chi connectivity index (χ1n) is 8.42. The first-order chi connectivity index (χ1) is 13.0. The molecule has 1 aliphatic rings. The maximum absolute atomic E-state index is 12.7. The van der Waals surface area contributed by atoms with Crippen molar-refractivity contribution >= 4 is 40.2 Å². The van der Waals surface area contributed by atoms with Crippen LogP contribution in [0.15, 0.2) is 64.8 Å². The Kier molecular flexibility index (Phi) is 5.71. The zero-order valence-corrected chi connectivity index (χ0v) is 15.8. The number of amidine groups is 1. The average molecular weight is 381 g/mol. The van der Waals surface area contributed by atoms with E-state index in [1.807, 2.05) is 56.3 Å². The van der Waals surface area contributed by atoms with Gasteiger partial charge in [0.2, 0.25) is 5.91 Å². The van der Waals surface area contributed by atoms with Gasteiger partial charge < -0.3 is 5.11 Å². The van der Waals surface area contributed by atoms with Crippen LogP contribution in [0.3, 0.4) is 0 Å². The molecule has 2 aromatic carbocycles. The van der Waals surface area contributed by atoms with Crippen LogP contribution in [0.25, 0.3) is 0 Å². The summed E-state index contributed by atoms with van der Waals surface area (Å²) in [7, 11) is 0. The summed E-state index contributed by atoms with van der Waals surface area (Å²) >= 11 is 1.13. The molecule has 1 N–H and O–H groups in total. The van der Waals surface area contributed by atoms with E-state index in [4.69, 9.17) is 5.11 Å². The second kappa shape index (κ2) is 8.18. The molecule has 0 spiro atoms. The maximum atomic E-state index is 12.7. The van der Waals surface area contributed by atoms with E-state index in [1.54, 1.807) is 12.1 Å². The molecule has 6 nitrogen and oxygen atoms in total. The van der Waals surface area contributed by atoms with Crippen LogP contribution in [0.2, 0.25) is 0 Å². The molecule has 1 amide bonds. The van der Waals surface area contributed by atoms with Gasteiger partial charge in [-0.2, -0.15) is 5.10 Å². The quantitative estimate of drug-likeness (QED) is 0.632. The summed E-state index contributed by atoms with van der Waals surface area (Å²) in [6.07, 6.45) is -0.257. The molecule has 7 heteroatoms. The third-order valence-corrected chi connectivity index (χ3v) is 5.19. The second-order valence-corrected chi connectivity index (χ2v) is 7.32. The van der Waals surface area contributed by atoms with Crippen LogP contribution in [-0.2, 0) is 9.59 Å². The molecule has 0 bridgehead atoms. The molecule has 2 aromatic rings. The lowest BCUT2D eigenvalue weighted by Gasteiger charge is -2.15. The van der Waals surface area contributed by atoms with Crippen LogP contribution in [0, 0.1) is 6.92 Å². The van der Waals surface area contributed by atoms with Crippen LogP contribution >= 0.6 is 11.8 Å². The number of carboxylic acid groups (broad SMARTS) is 1. The van der Waals surface area contributed by atoms with Gasteiger partial charge in [0.1, 0.15) is 5.25 Å². The van der Waals surface area contributed by atoms with Crippen molar-refractivity contribution in [3.8, 4) is 0 Å². The molecular weight excluding hydrogens is 362 g/mol. The number of benzene rings is 2. The molecule has 0 saturated carbocycles. The van der Waals surface area contributed by atoms with Crippen molar-refractivity contribution in [2.24, 2.45) is 10.2 Å². The molecule has 138 valence electrons. The van der Waals surface area contributed by atoms with Crippen molar-refractivity contribution in [2.75, 3.05) is 4.90 Å². The number of nitrogens with zero attached hydrogens (tertiary/aromatic N) is 3. The lowest BCUT2D eigenvalue weighted by atomic mass is 10.1. The number of hydrogen-bond acceptors (Lipinski definition) is 5. The van der Waals surface area contributed by atoms with Gasteiger partial charge in [-0.25, -0.2) is 0 Å². The van der Waals surface area contributed by atoms with Crippen molar-refractivity contribution in [2.45, 2.75) is 25.5 Å². The Bertz CT molecular complexity index is 908. The predicted molar refractivity (Wildman–Crippen MR) is 108 cm³/mol. The Morgan fingerprint density at radius 3 is 2.44 bits per heavy atom. The van der Waals surface area contributed by atoms with Gasteiger partial charge in [0.25, 0.3) is 0 Å². The van der Waals surface area contributed by atoms with Gasteiger partial charge in [-0.05, 0) is 31.5 Å². The molecule has 0 unspecified atom stereocenters. The van der Waals surface area contributed by atoms with E-state index in [-0.39, 0.29) is 12.3 Å². The highest BCUT2D eigenvalue weighted by Gasteiger charge is 2.40. The number of aryl methyl sites for hydroxylation is 1. The minimum absolute atomic E-state index is 0.257. The van der Waals surface area contributed by atoms with E-state index in [2.05, 4.69) is 10.2 Å². The van der Waals surface area contributed by atoms with Crippen LogP contribution in [-0.4, -0.2) is 33.1 Å². The summed E-state index contributed by atoms with van der Waals surface area (Å²) in [5.74, 6) is -1.31. The molecular formula is C20H19N3O3S. The highest BCUT2D eigenvalue weighted by molar-refractivity contribution is 8.16. The largest absolute Gasteiger partial charge is 0.481 e. The molecule has 1 aliphatic heterocycles. The Morgan fingerprint density at radius 2 is 1.81 bits per heavy atom. The van der Waals surface area contributed by atoms with E-state index in [0.29, 0.717) is 16.6 Å². The van der Waals surface area contributed by atoms with Crippen molar-refractivity contribution < 1.29 is 14.7 Å². The van der Waals surface area contributed by atoms with Gasteiger partial charge >= 0.3 is 5.97 Å². The number of aliphatic carboxylic acids is 1. The van der Waals surface area contributed by atoms with E-state index < -0.39 is 11.2 Å². The number of carbonyl (C=O) groups is 2. The Hall–Kier alpha value is -2.93. The first kappa shape index (κ1) is 18.8. The van der Waals surface area contributed by atoms with Crippen LogP contribution < -0.4 is 4.90 Å². The van der Waals surface area contributed by atoms with Gasteiger partial charge in [0.15, 0.2) is 5.17 Å². The molecule has 0 radical (unpaired) electrons. The molecule has 0 aliphatic carbocycles. The fourth-order valence-corrected chi connectivity index (χ4v) is 3.68. The van der Waals surface area contributed by atoms with Gasteiger partial charge in [-0.15, -0.1) is 5.10 Å². The highest BCUT2D eigenvalue weighted by Crippen LogP contribution is 2.33. The Labute approximate surface area is 161 Å². The third-order valence-electron chi connectivity index (χ3n) is 4.06. The number of amides is 1. The Morgan fingerprint density at radius 1 is 1.15 bits per heavy atom. The predicted octanol–water partition coefficient (Wildman–Crippen LogP) is 3.70. The first-order valence-corrected chi connectivity index (χ1v) is 9.30. The van der Waals surface area contributed by atoms with Gasteiger partial charge in [-0.1, -0.05) is 59.8 Å². The van der Waals surface area contributed by atoms with Crippen LogP contribution in [0.4, 0.5) is 5.69 Å². The molecule has 1 heterocycles. The SMILES string of the molecule is C/C(=N/N=C1/S[C@@H](CC(=O)O)C(=O)N1c1ccccc1)c1ccc(C)cc1. The lowest BCUT2D eigenvalue weighted by Crippen LogP contribution is -2.32. The van der Waals surface area contributed by atoms with Gasteiger partial charge in [0, 0.05) is 0 Å². The summed E-state index contributed by atoms with van der Waals surface area (Å²) in [4.78, 5) is 25.2. The third kappa shape index (κ3) is 4.43. The van der Waals surface area contributed by atoms with Crippen LogP contribution in [0.5, 0.6) is 0 Å².